The van der Waals surface area contributed by atoms with Crippen molar-refractivity contribution in [2.75, 3.05) is 13.6 Å². The molecule has 106 valence electrons. The highest BCUT2D eigenvalue weighted by Crippen LogP contribution is 2.23. The number of rotatable bonds is 5. The molecule has 1 atom stereocenters. The summed E-state index contributed by atoms with van der Waals surface area (Å²) in [7, 11) is 1.98. The van der Waals surface area contributed by atoms with E-state index in [-0.39, 0.29) is 11.9 Å². The maximum atomic E-state index is 13.2. The zero-order valence-corrected chi connectivity index (χ0v) is 12.1. The van der Waals surface area contributed by atoms with Crippen LogP contribution in [0.1, 0.15) is 17.2 Å². The molecule has 2 rings (SSSR count). The quantitative estimate of drug-likeness (QED) is 0.912. The maximum absolute atomic E-state index is 13.2. The monoisotopic (exact) mass is 292 g/mol. The molecule has 0 radical (unpaired) electrons. The molecule has 2 N–H and O–H groups in total. The Kier molecular flexibility index (Phi) is 5.12. The van der Waals surface area contributed by atoms with E-state index in [1.807, 2.05) is 37.4 Å². The molecule has 4 heteroatoms. The predicted molar refractivity (Wildman–Crippen MR) is 81.1 cm³/mol. The first-order chi connectivity index (χ1) is 9.60. The highest BCUT2D eigenvalue weighted by molar-refractivity contribution is 6.30. The Balaban J connectivity index is 2.15. The molecular weight excluding hydrogens is 275 g/mol. The van der Waals surface area contributed by atoms with E-state index in [2.05, 4.69) is 4.90 Å². The Morgan fingerprint density at radius 2 is 1.95 bits per heavy atom. The minimum absolute atomic E-state index is 0.0527. The third-order valence-electron chi connectivity index (χ3n) is 3.31. The molecule has 0 aromatic heterocycles. The van der Waals surface area contributed by atoms with Crippen LogP contribution in [0.3, 0.4) is 0 Å². The van der Waals surface area contributed by atoms with Crippen molar-refractivity contribution in [3.8, 4) is 0 Å². The lowest BCUT2D eigenvalue weighted by atomic mass is 10.0. The van der Waals surface area contributed by atoms with Gasteiger partial charge in [-0.15, -0.1) is 0 Å². The van der Waals surface area contributed by atoms with Crippen LogP contribution in [0.2, 0.25) is 5.02 Å². The van der Waals surface area contributed by atoms with Crippen molar-refractivity contribution in [3.05, 3.63) is 70.5 Å². The first-order valence-corrected chi connectivity index (χ1v) is 6.88. The number of nitrogens with two attached hydrogens (primary N) is 1. The summed E-state index contributed by atoms with van der Waals surface area (Å²) < 4.78 is 13.2. The number of hydrogen-bond acceptors (Lipinski definition) is 2. The average molecular weight is 293 g/mol. The van der Waals surface area contributed by atoms with Gasteiger partial charge in [-0.1, -0.05) is 35.9 Å². The van der Waals surface area contributed by atoms with Gasteiger partial charge >= 0.3 is 0 Å². The van der Waals surface area contributed by atoms with E-state index < -0.39 is 0 Å². The van der Waals surface area contributed by atoms with Gasteiger partial charge in [-0.05, 0) is 42.4 Å². The number of halogens is 2. The van der Waals surface area contributed by atoms with Crippen LogP contribution in [0, 0.1) is 5.82 Å². The molecule has 2 nitrogen and oxygen atoms in total. The third-order valence-corrected chi connectivity index (χ3v) is 3.54. The molecule has 1 unspecified atom stereocenters. The summed E-state index contributed by atoms with van der Waals surface area (Å²) in [6.07, 6.45) is 0. The Morgan fingerprint density at radius 3 is 2.60 bits per heavy atom. The molecule has 0 aliphatic heterocycles. The van der Waals surface area contributed by atoms with Crippen molar-refractivity contribution in [2.45, 2.75) is 12.6 Å². The van der Waals surface area contributed by atoms with Crippen LogP contribution in [0.5, 0.6) is 0 Å². The minimum atomic E-state index is -0.219. The van der Waals surface area contributed by atoms with E-state index in [1.54, 1.807) is 12.1 Å². The molecular formula is C16H18ClFN2. The van der Waals surface area contributed by atoms with Gasteiger partial charge in [0.2, 0.25) is 0 Å². The lowest BCUT2D eigenvalue weighted by molar-refractivity contribution is 0.241. The fourth-order valence-corrected chi connectivity index (χ4v) is 2.52. The number of nitrogens with zero attached hydrogens (tertiary/aromatic N) is 1. The number of benzene rings is 2. The van der Waals surface area contributed by atoms with Gasteiger partial charge in [0.15, 0.2) is 0 Å². The fourth-order valence-electron chi connectivity index (χ4n) is 2.32. The summed E-state index contributed by atoms with van der Waals surface area (Å²) >= 11 is 6.02. The molecule has 0 aliphatic rings. The van der Waals surface area contributed by atoms with Crippen LogP contribution in [-0.4, -0.2) is 18.5 Å². The van der Waals surface area contributed by atoms with Crippen LogP contribution in [-0.2, 0) is 6.54 Å². The molecule has 0 saturated heterocycles. The lowest BCUT2D eigenvalue weighted by Crippen LogP contribution is -2.30. The molecule has 0 aliphatic carbocycles. The highest BCUT2D eigenvalue weighted by atomic mass is 35.5. The maximum Gasteiger partial charge on any atom is 0.123 e. The number of hydrogen-bond donors (Lipinski definition) is 1. The Bertz CT molecular complexity index is 574. The lowest BCUT2D eigenvalue weighted by Gasteiger charge is -2.27. The van der Waals surface area contributed by atoms with Crippen LogP contribution < -0.4 is 5.73 Å². The van der Waals surface area contributed by atoms with Crippen molar-refractivity contribution in [3.63, 3.8) is 0 Å². The smallest absolute Gasteiger partial charge is 0.123 e. The largest absolute Gasteiger partial charge is 0.329 e. The second-order valence-corrected chi connectivity index (χ2v) is 5.29. The molecule has 0 heterocycles. The van der Waals surface area contributed by atoms with Crippen molar-refractivity contribution < 1.29 is 4.39 Å². The molecule has 0 fully saturated rings. The SMILES string of the molecule is CN(Cc1cccc(F)c1)C(CN)c1cccc(Cl)c1. The van der Waals surface area contributed by atoms with Crippen LogP contribution in [0.4, 0.5) is 4.39 Å². The van der Waals surface area contributed by atoms with Crippen molar-refractivity contribution in [1.29, 1.82) is 0 Å². The Morgan fingerprint density at radius 1 is 1.20 bits per heavy atom. The van der Waals surface area contributed by atoms with Gasteiger partial charge in [-0.3, -0.25) is 4.90 Å². The summed E-state index contributed by atoms with van der Waals surface area (Å²) in [4.78, 5) is 2.10. The van der Waals surface area contributed by atoms with Gasteiger partial charge in [0.05, 0.1) is 0 Å². The highest BCUT2D eigenvalue weighted by Gasteiger charge is 2.16. The molecule has 0 amide bonds. The third kappa shape index (κ3) is 3.79. The van der Waals surface area contributed by atoms with Gasteiger partial charge in [-0.2, -0.15) is 0 Å². The summed E-state index contributed by atoms with van der Waals surface area (Å²) in [6, 6.07) is 14.3. The second kappa shape index (κ2) is 6.84. The Labute approximate surface area is 124 Å². The average Bonchev–Trinajstić information content (AvgIpc) is 2.39. The molecule has 20 heavy (non-hydrogen) atoms. The molecule has 0 saturated carbocycles. The second-order valence-electron chi connectivity index (χ2n) is 4.85. The first kappa shape index (κ1) is 15.0. The molecule has 2 aromatic rings. The van der Waals surface area contributed by atoms with Gasteiger partial charge in [0, 0.05) is 24.2 Å². The normalized spacial score (nSPS) is 12.7. The summed E-state index contributed by atoms with van der Waals surface area (Å²) in [5.41, 5.74) is 7.87. The van der Waals surface area contributed by atoms with Crippen LogP contribution in [0.25, 0.3) is 0 Å². The molecule has 2 aromatic carbocycles. The van der Waals surface area contributed by atoms with Gasteiger partial charge in [0.25, 0.3) is 0 Å². The van der Waals surface area contributed by atoms with E-state index in [1.165, 1.54) is 6.07 Å². The van der Waals surface area contributed by atoms with E-state index in [0.29, 0.717) is 18.1 Å². The van der Waals surface area contributed by atoms with E-state index in [9.17, 15) is 4.39 Å². The van der Waals surface area contributed by atoms with Gasteiger partial charge in [-0.25, -0.2) is 4.39 Å². The van der Waals surface area contributed by atoms with Gasteiger partial charge in [0.1, 0.15) is 5.82 Å². The van der Waals surface area contributed by atoms with Gasteiger partial charge < -0.3 is 5.73 Å². The zero-order valence-electron chi connectivity index (χ0n) is 11.4. The first-order valence-electron chi connectivity index (χ1n) is 6.50. The summed E-state index contributed by atoms with van der Waals surface area (Å²) in [5.74, 6) is -0.219. The van der Waals surface area contributed by atoms with Crippen molar-refractivity contribution in [1.82, 2.24) is 4.90 Å². The summed E-state index contributed by atoms with van der Waals surface area (Å²) in [5, 5.41) is 0.695. The standard InChI is InChI=1S/C16H18ClFN2/c1-20(11-12-4-2-7-15(18)8-12)16(10-19)13-5-3-6-14(17)9-13/h2-9,16H,10-11,19H2,1H3. The fraction of sp³-hybridized carbons (Fsp3) is 0.250. The van der Waals surface area contributed by atoms with Crippen LogP contribution >= 0.6 is 11.6 Å². The predicted octanol–water partition coefficient (Wildman–Crippen LogP) is 3.61. The molecule has 0 bridgehead atoms. The molecule has 0 spiro atoms. The Hall–Kier alpha value is -1.42. The van der Waals surface area contributed by atoms with Crippen LogP contribution in [0.15, 0.2) is 48.5 Å². The summed E-state index contributed by atoms with van der Waals surface area (Å²) in [6.45, 7) is 1.11. The zero-order chi connectivity index (χ0) is 14.5. The van der Waals surface area contributed by atoms with Crippen molar-refractivity contribution >= 4 is 11.6 Å². The van der Waals surface area contributed by atoms with E-state index in [4.69, 9.17) is 17.3 Å². The van der Waals surface area contributed by atoms with E-state index >= 15 is 0 Å². The topological polar surface area (TPSA) is 29.3 Å². The van der Waals surface area contributed by atoms with Crippen molar-refractivity contribution in [2.24, 2.45) is 5.73 Å². The van der Waals surface area contributed by atoms with E-state index in [0.717, 1.165) is 11.1 Å². The number of likely N-dealkylation sites (N-methyl/N-ethyl adjacent to an activating group) is 1. The minimum Gasteiger partial charge on any atom is -0.329 e.